The van der Waals surface area contributed by atoms with E-state index in [9.17, 15) is 0 Å². The second-order valence-electron chi connectivity index (χ2n) is 1.98. The van der Waals surface area contributed by atoms with E-state index in [1.165, 1.54) is 6.07 Å². The third kappa shape index (κ3) is 4.82. The van der Waals surface area contributed by atoms with Gasteiger partial charge in [0.25, 0.3) is 0 Å². The Hall–Kier alpha value is -0.930. The highest BCUT2D eigenvalue weighted by Gasteiger charge is 1.90. The van der Waals surface area contributed by atoms with Gasteiger partial charge in [0.2, 0.25) is 0 Å². The first-order chi connectivity index (χ1) is 5.74. The van der Waals surface area contributed by atoms with E-state index in [1.54, 1.807) is 32.4 Å². The van der Waals surface area contributed by atoms with Crippen LogP contribution < -0.4 is 4.29 Å². The van der Waals surface area contributed by atoms with E-state index in [0.29, 0.717) is 5.75 Å². The van der Waals surface area contributed by atoms with Crippen molar-refractivity contribution in [1.82, 2.24) is 0 Å². The molecule has 0 amide bonds. The molecule has 3 nitrogen and oxygen atoms in total. The second kappa shape index (κ2) is 6.76. The van der Waals surface area contributed by atoms with E-state index in [-0.39, 0.29) is 5.75 Å². The van der Waals surface area contributed by atoms with Crippen LogP contribution in [0.5, 0.6) is 11.5 Å². The van der Waals surface area contributed by atoms with E-state index in [0.717, 1.165) is 0 Å². The van der Waals surface area contributed by atoms with Gasteiger partial charge in [-0.2, -0.15) is 0 Å². The Morgan fingerprint density at radius 3 is 2.25 bits per heavy atom. The molecule has 1 aromatic rings. The van der Waals surface area contributed by atoms with Gasteiger partial charge in [0.1, 0.15) is 23.4 Å². The lowest BCUT2D eigenvalue weighted by Gasteiger charge is -1.93. The molecular weight excluding hydrogens is 180 g/mol. The summed E-state index contributed by atoms with van der Waals surface area (Å²) in [5.41, 5.74) is 0. The Kier molecular flexibility index (Phi) is 6.24. The standard InChI is InChI=1S/C6H5ClO2.C2H6O/c7-9-6-3-1-2-5(8)4-6;1-3-2/h1-4,8H;1-2H3. The van der Waals surface area contributed by atoms with Crippen LogP contribution in [0.25, 0.3) is 0 Å². The van der Waals surface area contributed by atoms with Crippen molar-refractivity contribution in [3.8, 4) is 11.5 Å². The highest BCUT2D eigenvalue weighted by Crippen LogP contribution is 2.17. The summed E-state index contributed by atoms with van der Waals surface area (Å²) in [7, 11) is 3.25. The molecule has 0 radical (unpaired) electrons. The Morgan fingerprint density at radius 2 is 1.92 bits per heavy atom. The largest absolute Gasteiger partial charge is 0.508 e. The maximum Gasteiger partial charge on any atom is 0.150 e. The van der Waals surface area contributed by atoms with Crippen molar-refractivity contribution < 1.29 is 14.1 Å². The summed E-state index contributed by atoms with van der Waals surface area (Å²) in [5, 5.41) is 8.81. The lowest BCUT2D eigenvalue weighted by molar-refractivity contribution is 0.277. The van der Waals surface area contributed by atoms with Crippen LogP contribution in [0.15, 0.2) is 24.3 Å². The minimum Gasteiger partial charge on any atom is -0.508 e. The Bertz CT molecular complexity index is 215. The summed E-state index contributed by atoms with van der Waals surface area (Å²) in [6.07, 6.45) is 0. The molecule has 0 aliphatic rings. The summed E-state index contributed by atoms with van der Waals surface area (Å²) >= 11 is 4.99. The van der Waals surface area contributed by atoms with E-state index in [1.807, 2.05) is 0 Å². The molecule has 1 aromatic carbocycles. The molecule has 4 heteroatoms. The monoisotopic (exact) mass is 190 g/mol. The molecule has 0 atom stereocenters. The topological polar surface area (TPSA) is 38.7 Å². The van der Waals surface area contributed by atoms with Crippen LogP contribution >= 0.6 is 11.9 Å². The first-order valence-electron chi connectivity index (χ1n) is 3.22. The molecule has 0 aliphatic heterocycles. The van der Waals surface area contributed by atoms with Gasteiger partial charge in [-0.3, -0.25) is 0 Å². The number of aromatic hydroxyl groups is 1. The predicted molar refractivity (Wildman–Crippen MR) is 47.5 cm³/mol. The van der Waals surface area contributed by atoms with Crippen molar-refractivity contribution >= 4 is 11.9 Å². The maximum atomic E-state index is 8.81. The Labute approximate surface area is 76.7 Å². The number of benzene rings is 1. The predicted octanol–water partition coefficient (Wildman–Crippen LogP) is 2.19. The molecule has 0 saturated heterocycles. The Morgan fingerprint density at radius 1 is 1.33 bits per heavy atom. The molecule has 68 valence electrons. The van der Waals surface area contributed by atoms with Gasteiger partial charge in [0, 0.05) is 20.3 Å². The van der Waals surface area contributed by atoms with Gasteiger partial charge in [-0.05, 0) is 12.1 Å². The molecular formula is C8H11ClO3. The first-order valence-corrected chi connectivity index (χ1v) is 3.53. The number of phenolic OH excluding ortho intramolecular Hbond substituents is 1. The van der Waals surface area contributed by atoms with Gasteiger partial charge in [0.15, 0.2) is 0 Å². The van der Waals surface area contributed by atoms with Crippen LogP contribution in [0.2, 0.25) is 0 Å². The zero-order valence-electron chi connectivity index (χ0n) is 6.95. The molecule has 12 heavy (non-hydrogen) atoms. The summed E-state index contributed by atoms with van der Waals surface area (Å²) in [5.74, 6) is 0.588. The van der Waals surface area contributed by atoms with Gasteiger partial charge in [-0.15, -0.1) is 0 Å². The average molecular weight is 191 g/mol. The van der Waals surface area contributed by atoms with Crippen molar-refractivity contribution in [3.05, 3.63) is 24.3 Å². The summed E-state index contributed by atoms with van der Waals surface area (Å²) in [4.78, 5) is 0. The second-order valence-corrected chi connectivity index (χ2v) is 2.14. The van der Waals surface area contributed by atoms with Gasteiger partial charge in [-0.25, -0.2) is 0 Å². The van der Waals surface area contributed by atoms with E-state index < -0.39 is 0 Å². The molecule has 0 fully saturated rings. The summed E-state index contributed by atoms with van der Waals surface area (Å²) < 4.78 is 8.56. The van der Waals surface area contributed by atoms with Crippen LogP contribution in [-0.4, -0.2) is 19.3 Å². The van der Waals surface area contributed by atoms with Crippen molar-refractivity contribution in [1.29, 1.82) is 0 Å². The van der Waals surface area contributed by atoms with Crippen LogP contribution in [-0.2, 0) is 4.74 Å². The fourth-order valence-corrected chi connectivity index (χ4v) is 0.627. The molecule has 1 N–H and O–H groups in total. The van der Waals surface area contributed by atoms with Crippen LogP contribution in [0.4, 0.5) is 0 Å². The van der Waals surface area contributed by atoms with Crippen molar-refractivity contribution in [2.45, 2.75) is 0 Å². The summed E-state index contributed by atoms with van der Waals surface area (Å²) in [6, 6.07) is 6.26. The van der Waals surface area contributed by atoms with Crippen molar-refractivity contribution in [2.24, 2.45) is 0 Å². The van der Waals surface area contributed by atoms with Crippen LogP contribution in [0.1, 0.15) is 0 Å². The number of rotatable bonds is 1. The van der Waals surface area contributed by atoms with Crippen molar-refractivity contribution in [3.63, 3.8) is 0 Å². The number of halogens is 1. The molecule has 0 heterocycles. The minimum absolute atomic E-state index is 0.146. The first kappa shape index (κ1) is 11.1. The van der Waals surface area contributed by atoms with Gasteiger partial charge < -0.3 is 14.1 Å². The van der Waals surface area contributed by atoms with Gasteiger partial charge >= 0.3 is 0 Å². The minimum atomic E-state index is 0.146. The lowest BCUT2D eigenvalue weighted by atomic mass is 10.3. The van der Waals surface area contributed by atoms with Crippen LogP contribution in [0.3, 0.4) is 0 Å². The number of methoxy groups -OCH3 is 1. The van der Waals surface area contributed by atoms with Gasteiger partial charge in [0.05, 0.1) is 0 Å². The zero-order chi connectivity index (χ0) is 9.40. The number of phenols is 1. The number of hydrogen-bond donors (Lipinski definition) is 1. The lowest BCUT2D eigenvalue weighted by Crippen LogP contribution is -1.71. The quantitative estimate of drug-likeness (QED) is 0.738. The SMILES string of the molecule is COC.Oc1cccc(OCl)c1. The Balaban J connectivity index is 0.000000354. The van der Waals surface area contributed by atoms with E-state index in [4.69, 9.17) is 17.0 Å². The third-order valence-electron chi connectivity index (χ3n) is 0.907. The highest BCUT2D eigenvalue weighted by molar-refractivity contribution is 6.09. The van der Waals surface area contributed by atoms with E-state index in [2.05, 4.69) is 9.03 Å². The fraction of sp³-hybridized carbons (Fsp3) is 0.250. The molecule has 0 aliphatic carbocycles. The molecule has 0 saturated carbocycles. The average Bonchev–Trinajstić information content (AvgIpc) is 2.06. The summed E-state index contributed by atoms with van der Waals surface area (Å²) in [6.45, 7) is 0. The third-order valence-corrected chi connectivity index (χ3v) is 1.08. The van der Waals surface area contributed by atoms with Crippen LogP contribution in [0, 0.1) is 0 Å². The molecule has 0 unspecified atom stereocenters. The maximum absolute atomic E-state index is 8.81. The number of hydrogen-bond acceptors (Lipinski definition) is 3. The molecule has 0 aromatic heterocycles. The fourth-order valence-electron chi connectivity index (χ4n) is 0.532. The number of ether oxygens (including phenoxy) is 1. The van der Waals surface area contributed by atoms with E-state index >= 15 is 0 Å². The molecule has 1 rings (SSSR count). The smallest absolute Gasteiger partial charge is 0.150 e. The van der Waals surface area contributed by atoms with Gasteiger partial charge in [-0.1, -0.05) is 6.07 Å². The van der Waals surface area contributed by atoms with Crippen molar-refractivity contribution in [2.75, 3.05) is 14.2 Å². The highest BCUT2D eigenvalue weighted by atomic mass is 35.5. The zero-order valence-corrected chi connectivity index (χ0v) is 7.71. The normalized spacial score (nSPS) is 8.25. The molecule has 0 bridgehead atoms. The molecule has 0 spiro atoms.